The Labute approximate surface area is 159 Å². The molecule has 7 heteroatoms. The van der Waals surface area contributed by atoms with Crippen LogP contribution in [0.5, 0.6) is 0 Å². The van der Waals surface area contributed by atoms with Crippen molar-refractivity contribution in [2.45, 2.75) is 44.7 Å². The third-order valence-electron chi connectivity index (χ3n) is 3.99. The van der Waals surface area contributed by atoms with Crippen LogP contribution in [-0.4, -0.2) is 31.5 Å². The van der Waals surface area contributed by atoms with Gasteiger partial charge in [0.05, 0.1) is 0 Å². The second-order valence-electron chi connectivity index (χ2n) is 5.74. The number of nitrogens with zero attached hydrogens (tertiary/aromatic N) is 1. The van der Waals surface area contributed by atoms with E-state index in [1.54, 1.807) is 25.2 Å². The smallest absolute Gasteiger partial charge is 0.221 e. The summed E-state index contributed by atoms with van der Waals surface area (Å²) in [5.41, 5.74) is 0.578. The molecule has 0 bridgehead atoms. The first-order valence-corrected chi connectivity index (χ1v) is 8.16. The minimum atomic E-state index is -0.244. The van der Waals surface area contributed by atoms with Gasteiger partial charge in [0.2, 0.25) is 5.91 Å². The number of aliphatic imine (C=N–C) groups is 1. The van der Waals surface area contributed by atoms with Crippen LogP contribution in [0.15, 0.2) is 29.3 Å². The number of rotatable bonds is 6. The van der Waals surface area contributed by atoms with Crippen molar-refractivity contribution in [3.8, 4) is 0 Å². The average molecular weight is 448 g/mol. The van der Waals surface area contributed by atoms with E-state index in [-0.39, 0.29) is 35.7 Å². The maximum Gasteiger partial charge on any atom is 0.221 e. The van der Waals surface area contributed by atoms with Crippen LogP contribution in [0.25, 0.3) is 0 Å². The highest BCUT2D eigenvalue weighted by atomic mass is 127. The van der Waals surface area contributed by atoms with Gasteiger partial charge >= 0.3 is 0 Å². The molecule has 1 fully saturated rings. The summed E-state index contributed by atoms with van der Waals surface area (Å²) in [5, 5.41) is 9.16. The van der Waals surface area contributed by atoms with E-state index in [4.69, 9.17) is 0 Å². The topological polar surface area (TPSA) is 65.5 Å². The Morgan fingerprint density at radius 1 is 1.25 bits per heavy atom. The summed E-state index contributed by atoms with van der Waals surface area (Å²) in [4.78, 5) is 15.9. The first kappa shape index (κ1) is 20.7. The van der Waals surface area contributed by atoms with Crippen LogP contribution in [0.2, 0.25) is 0 Å². The van der Waals surface area contributed by atoms with E-state index in [2.05, 4.69) is 20.9 Å². The number of hydrogen-bond donors (Lipinski definition) is 3. The van der Waals surface area contributed by atoms with Gasteiger partial charge < -0.3 is 16.0 Å². The van der Waals surface area contributed by atoms with E-state index in [1.807, 2.05) is 0 Å². The number of nitrogens with one attached hydrogen (secondary N) is 3. The largest absolute Gasteiger partial charge is 0.356 e. The second-order valence-corrected chi connectivity index (χ2v) is 5.74. The molecule has 2 rings (SSSR count). The van der Waals surface area contributed by atoms with E-state index in [0.29, 0.717) is 37.1 Å². The summed E-state index contributed by atoms with van der Waals surface area (Å²) >= 11 is 0. The van der Waals surface area contributed by atoms with Crippen molar-refractivity contribution in [3.05, 3.63) is 35.6 Å². The van der Waals surface area contributed by atoms with Crippen molar-refractivity contribution in [3.63, 3.8) is 0 Å². The molecule has 0 aliphatic heterocycles. The summed E-state index contributed by atoms with van der Waals surface area (Å²) in [6.07, 6.45) is 4.98. The van der Waals surface area contributed by atoms with Crippen LogP contribution in [0, 0.1) is 5.82 Å². The van der Waals surface area contributed by atoms with Gasteiger partial charge in [0.25, 0.3) is 0 Å². The molecule has 3 N–H and O–H groups in total. The number of amides is 1. The van der Waals surface area contributed by atoms with Crippen molar-refractivity contribution in [2.75, 3.05) is 13.6 Å². The maximum atomic E-state index is 13.5. The Morgan fingerprint density at radius 2 is 1.96 bits per heavy atom. The van der Waals surface area contributed by atoms with Crippen LogP contribution in [-0.2, 0) is 11.3 Å². The number of carbonyl (C=O) groups is 1. The van der Waals surface area contributed by atoms with Gasteiger partial charge in [0.15, 0.2) is 5.96 Å². The van der Waals surface area contributed by atoms with Crippen LogP contribution in [0.4, 0.5) is 4.39 Å². The predicted molar refractivity (Wildman–Crippen MR) is 105 cm³/mol. The SMILES string of the molecule is CN=C(NCCC(=O)NC1CCCC1)NCc1ccccc1F.I. The first-order chi connectivity index (χ1) is 11.2. The van der Waals surface area contributed by atoms with Crippen molar-refractivity contribution in [1.82, 2.24) is 16.0 Å². The molecule has 0 unspecified atom stereocenters. The van der Waals surface area contributed by atoms with E-state index >= 15 is 0 Å². The fraction of sp³-hybridized carbons (Fsp3) is 0.529. The highest BCUT2D eigenvalue weighted by Crippen LogP contribution is 2.17. The Balaban J connectivity index is 0.00000288. The molecular weight excluding hydrogens is 422 g/mol. The molecule has 1 aromatic carbocycles. The van der Waals surface area contributed by atoms with Gasteiger partial charge in [-0.15, -0.1) is 24.0 Å². The summed E-state index contributed by atoms with van der Waals surface area (Å²) in [6, 6.07) is 6.96. The number of hydrogen-bond acceptors (Lipinski definition) is 2. The first-order valence-electron chi connectivity index (χ1n) is 8.16. The molecular formula is C17H26FIN4O. The van der Waals surface area contributed by atoms with Crippen molar-refractivity contribution in [1.29, 1.82) is 0 Å². The average Bonchev–Trinajstić information content (AvgIpc) is 3.05. The molecule has 1 aromatic rings. The second kappa shape index (κ2) is 11.2. The lowest BCUT2D eigenvalue weighted by atomic mass is 10.2. The zero-order valence-corrected chi connectivity index (χ0v) is 16.3. The molecule has 0 atom stereocenters. The van der Waals surface area contributed by atoms with Crippen LogP contribution < -0.4 is 16.0 Å². The predicted octanol–water partition coefficient (Wildman–Crippen LogP) is 2.56. The van der Waals surface area contributed by atoms with E-state index in [9.17, 15) is 9.18 Å². The van der Waals surface area contributed by atoms with Crippen LogP contribution in [0.3, 0.4) is 0 Å². The van der Waals surface area contributed by atoms with Gasteiger partial charge in [-0.3, -0.25) is 9.79 Å². The summed E-state index contributed by atoms with van der Waals surface area (Å²) in [5.74, 6) is 0.377. The number of halogens is 2. The number of carbonyl (C=O) groups excluding carboxylic acids is 1. The monoisotopic (exact) mass is 448 g/mol. The molecule has 1 aliphatic carbocycles. The molecule has 1 amide bonds. The molecule has 0 aromatic heterocycles. The van der Waals surface area contributed by atoms with E-state index < -0.39 is 0 Å². The lowest BCUT2D eigenvalue weighted by Gasteiger charge is -2.14. The molecule has 0 heterocycles. The van der Waals surface area contributed by atoms with Gasteiger partial charge in [-0.2, -0.15) is 0 Å². The molecule has 134 valence electrons. The molecule has 0 spiro atoms. The standard InChI is InChI=1S/C17H25FN4O.HI/c1-19-17(21-12-13-6-2-5-9-15(13)18)20-11-10-16(23)22-14-7-3-4-8-14;/h2,5-6,9,14H,3-4,7-8,10-12H2,1H3,(H,22,23)(H2,19,20,21);1H. The zero-order chi connectivity index (χ0) is 16.5. The highest BCUT2D eigenvalue weighted by Gasteiger charge is 2.16. The van der Waals surface area contributed by atoms with Crippen molar-refractivity contribution >= 4 is 35.8 Å². The highest BCUT2D eigenvalue weighted by molar-refractivity contribution is 14.0. The van der Waals surface area contributed by atoms with Gasteiger partial charge in [0.1, 0.15) is 5.82 Å². The number of benzene rings is 1. The zero-order valence-electron chi connectivity index (χ0n) is 14.0. The van der Waals surface area contributed by atoms with E-state index in [0.717, 1.165) is 12.8 Å². The minimum absolute atomic E-state index is 0. The quantitative estimate of drug-likeness (QED) is 0.356. The lowest BCUT2D eigenvalue weighted by molar-refractivity contribution is -0.121. The molecule has 1 aliphatic rings. The fourth-order valence-corrected chi connectivity index (χ4v) is 2.71. The van der Waals surface area contributed by atoms with Gasteiger partial charge in [-0.25, -0.2) is 4.39 Å². The van der Waals surface area contributed by atoms with Gasteiger partial charge in [-0.05, 0) is 18.9 Å². The maximum absolute atomic E-state index is 13.5. The summed E-state index contributed by atoms with van der Waals surface area (Å²) < 4.78 is 13.5. The Kier molecular flexibility index (Phi) is 9.66. The Hall–Kier alpha value is -1.38. The minimum Gasteiger partial charge on any atom is -0.356 e. The molecule has 0 radical (unpaired) electrons. The normalized spacial score (nSPS) is 14.8. The molecule has 5 nitrogen and oxygen atoms in total. The molecule has 0 saturated heterocycles. The van der Waals surface area contributed by atoms with Crippen LogP contribution >= 0.6 is 24.0 Å². The van der Waals surface area contributed by atoms with Crippen molar-refractivity contribution < 1.29 is 9.18 Å². The third-order valence-corrected chi connectivity index (χ3v) is 3.99. The lowest BCUT2D eigenvalue weighted by Crippen LogP contribution is -2.40. The van der Waals surface area contributed by atoms with Gasteiger partial charge in [0, 0.05) is 38.2 Å². The summed E-state index contributed by atoms with van der Waals surface area (Å²) in [7, 11) is 1.65. The molecule has 1 saturated carbocycles. The van der Waals surface area contributed by atoms with Crippen molar-refractivity contribution in [2.24, 2.45) is 4.99 Å². The Morgan fingerprint density at radius 3 is 2.62 bits per heavy atom. The fourth-order valence-electron chi connectivity index (χ4n) is 2.71. The number of guanidine groups is 1. The summed E-state index contributed by atoms with van der Waals surface area (Å²) in [6.45, 7) is 0.843. The van der Waals surface area contributed by atoms with Gasteiger partial charge in [-0.1, -0.05) is 31.0 Å². The molecule has 24 heavy (non-hydrogen) atoms. The van der Waals surface area contributed by atoms with E-state index in [1.165, 1.54) is 18.9 Å². The Bertz CT molecular complexity index is 547. The third kappa shape index (κ3) is 7.02. The van der Waals surface area contributed by atoms with Crippen LogP contribution in [0.1, 0.15) is 37.7 Å².